The number of fused-ring (bicyclic) bond motifs is 1. The van der Waals surface area contributed by atoms with Crippen molar-refractivity contribution in [1.29, 1.82) is 0 Å². The van der Waals surface area contributed by atoms with Crippen molar-refractivity contribution in [2.24, 2.45) is 0 Å². The van der Waals surface area contributed by atoms with Crippen molar-refractivity contribution in [2.45, 2.75) is 77.0 Å². The Morgan fingerprint density at radius 2 is 1.67 bits per heavy atom. The molecule has 2 aromatic carbocycles. The minimum Gasteiger partial charge on any atom is -0.491 e. The van der Waals surface area contributed by atoms with Crippen molar-refractivity contribution >= 4 is 70.2 Å². The Labute approximate surface area is 390 Å². The van der Waals surface area contributed by atoms with E-state index < -0.39 is 84.9 Å². The Bertz CT molecular complexity index is 2650. The van der Waals surface area contributed by atoms with E-state index in [1.54, 1.807) is 13.0 Å². The largest absolute Gasteiger partial charge is 0.491 e. The van der Waals surface area contributed by atoms with Gasteiger partial charge in [-0.05, 0) is 50.6 Å². The number of carboxylic acids is 2. The van der Waals surface area contributed by atoms with E-state index in [9.17, 15) is 63.9 Å². The fourth-order valence-corrected chi connectivity index (χ4v) is 6.98. The summed E-state index contributed by atoms with van der Waals surface area (Å²) in [4.78, 5) is 108. The average molecular weight is 964 g/mol. The Morgan fingerprint density at radius 3 is 2.36 bits per heavy atom. The van der Waals surface area contributed by atoms with Crippen LogP contribution >= 0.6 is 0 Å². The summed E-state index contributed by atoms with van der Waals surface area (Å²) in [6, 6.07) is 8.15. The maximum Gasteiger partial charge on any atom is 0.409 e. The van der Waals surface area contributed by atoms with Crippen LogP contribution in [-0.4, -0.2) is 167 Å². The van der Waals surface area contributed by atoms with E-state index in [0.29, 0.717) is 17.9 Å². The molecule has 9 N–H and O–H groups in total. The van der Waals surface area contributed by atoms with Gasteiger partial charge in [0, 0.05) is 69.9 Å². The molecule has 2 aliphatic rings. The first-order chi connectivity index (χ1) is 32.8. The summed E-state index contributed by atoms with van der Waals surface area (Å²) >= 11 is 0. The van der Waals surface area contributed by atoms with E-state index in [0.717, 1.165) is 17.1 Å². The molecule has 0 spiro atoms. The molecule has 2 aliphatic heterocycles. The van der Waals surface area contributed by atoms with Crippen LogP contribution in [0.15, 0.2) is 48.6 Å². The molecule has 4 aromatic rings. The zero-order valence-electron chi connectivity index (χ0n) is 37.2. The molecule has 69 heavy (non-hydrogen) atoms. The first kappa shape index (κ1) is 50.5. The van der Waals surface area contributed by atoms with E-state index in [-0.39, 0.29) is 90.8 Å². The molecule has 0 saturated carbocycles. The monoisotopic (exact) mass is 963 g/mol. The zero-order chi connectivity index (χ0) is 50.1. The van der Waals surface area contributed by atoms with Gasteiger partial charge in [0.05, 0.1) is 29.1 Å². The lowest BCUT2D eigenvalue weighted by Crippen LogP contribution is -2.61. The van der Waals surface area contributed by atoms with Gasteiger partial charge in [-0.2, -0.15) is 5.10 Å². The fourth-order valence-electron chi connectivity index (χ4n) is 6.98. The number of hydrogen-bond acceptors (Lipinski definition) is 17. The number of nitrogens with one attached hydrogen (secondary N) is 4. The number of aryl methyl sites for hydroxylation is 2. The Balaban J connectivity index is 1.06. The normalized spacial score (nSPS) is 18.8. The van der Waals surface area contributed by atoms with Gasteiger partial charge >= 0.3 is 18.0 Å². The third kappa shape index (κ3) is 12.5. The third-order valence-electron chi connectivity index (χ3n) is 10.6. The molecule has 5 atom stereocenters. The van der Waals surface area contributed by atoms with Crippen molar-refractivity contribution in [3.8, 4) is 11.5 Å². The fraction of sp³-hybridized carbons (Fsp3) is 0.395. The number of rotatable bonds is 21. The number of aromatic nitrogens is 4. The number of imide groups is 1. The molecule has 26 nitrogen and oxygen atoms in total. The van der Waals surface area contributed by atoms with Crippen LogP contribution in [0.2, 0.25) is 0 Å². The van der Waals surface area contributed by atoms with Gasteiger partial charge in [-0.3, -0.25) is 38.9 Å². The van der Waals surface area contributed by atoms with Crippen molar-refractivity contribution in [3.63, 3.8) is 0 Å². The van der Waals surface area contributed by atoms with Crippen LogP contribution in [0.25, 0.3) is 11.0 Å². The number of aliphatic hydroxyl groups excluding tert-OH is 3. The van der Waals surface area contributed by atoms with Gasteiger partial charge in [-0.1, -0.05) is 0 Å². The molecule has 4 heterocycles. The number of benzene rings is 2. The molecule has 1 saturated heterocycles. The number of aliphatic carboxylic acids is 1. The number of imidazole rings is 1. The highest BCUT2D eigenvalue weighted by Crippen LogP contribution is 2.30. The highest BCUT2D eigenvalue weighted by atomic mass is 16.7. The maximum atomic E-state index is 13.1. The second kappa shape index (κ2) is 22.2. The summed E-state index contributed by atoms with van der Waals surface area (Å²) in [6.45, 7) is 3.33. The van der Waals surface area contributed by atoms with Crippen LogP contribution in [0.1, 0.15) is 58.3 Å². The number of aliphatic hydroxyl groups is 3. The number of carbonyl (C=O) groups is 8. The van der Waals surface area contributed by atoms with Crippen LogP contribution in [0.5, 0.6) is 11.5 Å². The van der Waals surface area contributed by atoms with Crippen LogP contribution < -0.4 is 25.4 Å². The van der Waals surface area contributed by atoms with Gasteiger partial charge in [-0.25, -0.2) is 19.4 Å². The van der Waals surface area contributed by atoms with Gasteiger partial charge in [-0.15, -0.1) is 0 Å². The summed E-state index contributed by atoms with van der Waals surface area (Å²) in [7, 11) is 1.44. The minimum absolute atomic E-state index is 0.00516. The smallest absolute Gasteiger partial charge is 0.409 e. The maximum absolute atomic E-state index is 13.1. The number of hydrogen-bond donors (Lipinski definition) is 9. The standard InChI is InChI=1S/C43H49N9O17/c1-4-52-27(16-21(2)49-52)38(60)48-42-46-26-17-23(39(61)62)18-28(33(26)47-42)66-15-5-13-50(3)43(65)67-20-22-6-7-24(68-41-36(59)34(57)35(58)37(69-41)40(63)64)19-25(22)45-30(54)10-12-44-29(53)11-14-51-31(55)8-9-32(51)56/h6-9,16-19,34-37,41,57-59H,4-5,10-15,20H2,1-3H3,(H,44,53)(H,45,54)(H,61,62)(H,63,64)(H2,46,47,48,60)/t34-,35-,36+,37-,41+/m0/s1. The predicted octanol–water partition coefficient (Wildman–Crippen LogP) is 0.107. The van der Waals surface area contributed by atoms with Crippen molar-refractivity contribution in [1.82, 2.24) is 34.9 Å². The number of aromatic amines is 1. The summed E-state index contributed by atoms with van der Waals surface area (Å²) in [5, 5.41) is 62.0. The Morgan fingerprint density at radius 1 is 0.928 bits per heavy atom. The molecular formula is C43H49N9O17. The molecule has 368 valence electrons. The molecule has 0 radical (unpaired) electrons. The second-order valence-corrected chi connectivity index (χ2v) is 15.6. The topological polar surface area (TPSA) is 364 Å². The van der Waals surface area contributed by atoms with Crippen LogP contribution in [0.4, 0.5) is 16.4 Å². The minimum atomic E-state index is -1.98. The summed E-state index contributed by atoms with van der Waals surface area (Å²) in [6.07, 6.45) is -8.53. The average Bonchev–Trinajstić information content (AvgIpc) is 4.00. The summed E-state index contributed by atoms with van der Waals surface area (Å²) in [5.41, 5.74) is 1.55. The van der Waals surface area contributed by atoms with Crippen LogP contribution in [-0.2, 0) is 46.6 Å². The molecule has 0 unspecified atom stereocenters. The third-order valence-corrected chi connectivity index (χ3v) is 10.6. The molecular weight excluding hydrogens is 915 g/mol. The van der Waals surface area contributed by atoms with Gasteiger partial charge in [0.15, 0.2) is 6.10 Å². The van der Waals surface area contributed by atoms with E-state index in [4.69, 9.17) is 18.9 Å². The van der Waals surface area contributed by atoms with E-state index >= 15 is 0 Å². The molecule has 0 bridgehead atoms. The molecule has 0 aliphatic carbocycles. The van der Waals surface area contributed by atoms with Crippen molar-refractivity contribution in [3.05, 3.63) is 71.1 Å². The van der Waals surface area contributed by atoms with Crippen LogP contribution in [0.3, 0.4) is 0 Å². The van der Waals surface area contributed by atoms with Gasteiger partial charge in [0.1, 0.15) is 47.6 Å². The SMILES string of the molecule is CCn1nc(C)cc1C(=O)Nc1nc2c(OCCCN(C)C(=O)OCc3ccc(O[C@@H]4O[C@H](C(=O)O)[C@@H](O)[C@H](O)[C@H]4O)cc3NC(=O)CCNC(=O)CCN3C(=O)C=CC3=O)cc(C(=O)O)cc2[nH]1. The van der Waals surface area contributed by atoms with E-state index in [1.165, 1.54) is 47.0 Å². The van der Waals surface area contributed by atoms with Gasteiger partial charge in [0.2, 0.25) is 24.1 Å². The molecule has 6 amide bonds. The highest BCUT2D eigenvalue weighted by Gasteiger charge is 2.48. The molecule has 6 rings (SSSR count). The lowest BCUT2D eigenvalue weighted by Gasteiger charge is -2.38. The predicted molar refractivity (Wildman–Crippen MR) is 235 cm³/mol. The Hall–Kier alpha value is -7.94. The van der Waals surface area contributed by atoms with E-state index in [2.05, 4.69) is 31.0 Å². The number of amides is 6. The van der Waals surface area contributed by atoms with Gasteiger partial charge < -0.3 is 65.0 Å². The van der Waals surface area contributed by atoms with E-state index in [1.807, 2.05) is 6.92 Å². The number of carboxylic acid groups (broad SMARTS) is 2. The van der Waals surface area contributed by atoms with Crippen molar-refractivity contribution < 1.29 is 82.8 Å². The van der Waals surface area contributed by atoms with Gasteiger partial charge in [0.25, 0.3) is 17.7 Å². The van der Waals surface area contributed by atoms with Crippen LogP contribution in [0, 0.1) is 6.92 Å². The number of carbonyl (C=O) groups excluding carboxylic acids is 6. The quantitative estimate of drug-likeness (QED) is 0.0395. The molecule has 2 aromatic heterocycles. The number of aromatic carboxylic acids is 1. The molecule has 26 heteroatoms. The number of H-pyrrole nitrogens is 1. The first-order valence-corrected chi connectivity index (χ1v) is 21.3. The number of ether oxygens (including phenoxy) is 4. The lowest BCUT2D eigenvalue weighted by atomic mass is 9.99. The number of nitrogens with zero attached hydrogens (tertiary/aromatic N) is 5. The number of anilines is 2. The lowest BCUT2D eigenvalue weighted by molar-refractivity contribution is -0.271. The second-order valence-electron chi connectivity index (χ2n) is 15.6. The summed E-state index contributed by atoms with van der Waals surface area (Å²) < 4.78 is 23.8. The zero-order valence-corrected chi connectivity index (χ0v) is 37.2. The first-order valence-electron chi connectivity index (χ1n) is 21.3. The van der Waals surface area contributed by atoms with Crippen molar-refractivity contribution in [2.75, 3.05) is 43.9 Å². The highest BCUT2D eigenvalue weighted by molar-refractivity contribution is 6.13. The molecule has 1 fully saturated rings. The Kier molecular flexibility index (Phi) is 16.3. The summed E-state index contributed by atoms with van der Waals surface area (Å²) in [5.74, 6) is -5.67.